The lowest BCUT2D eigenvalue weighted by atomic mass is 10.1. The van der Waals surface area contributed by atoms with Crippen LogP contribution in [0.5, 0.6) is 0 Å². The zero-order valence-electron chi connectivity index (χ0n) is 24.5. The molecule has 2 aromatic heterocycles. The quantitative estimate of drug-likeness (QED) is 0.113. The Kier molecular flexibility index (Phi) is 12.1. The smallest absolute Gasteiger partial charge is 0.339 e. The Morgan fingerprint density at radius 1 is 0.614 bits per heavy atom. The second-order valence-corrected chi connectivity index (χ2v) is 13.4. The van der Waals surface area contributed by atoms with Gasteiger partial charge in [0.05, 0.1) is 27.1 Å². The molecule has 0 radical (unpaired) electrons. The molecule has 6 nitrogen and oxygen atoms in total. The van der Waals surface area contributed by atoms with E-state index in [9.17, 15) is 14.4 Å². The number of halogens is 1. The van der Waals surface area contributed by atoms with Crippen molar-refractivity contribution in [2.24, 2.45) is 0 Å². The van der Waals surface area contributed by atoms with Gasteiger partial charge in [-0.15, -0.1) is 22.7 Å². The predicted molar refractivity (Wildman–Crippen MR) is 178 cm³/mol. The third kappa shape index (κ3) is 8.98. The molecule has 0 N–H and O–H groups in total. The van der Waals surface area contributed by atoms with E-state index in [0.717, 1.165) is 35.1 Å². The standard InChI is InChI=1S/C22H20O4S.C13H11BrO2S/c1-3-25-21(23)18-12-8-7-11-17(18)20-13-19(15(2)27-20)22(24)26-14-16-9-5-4-6-10-16;1-9-11(7-12(14)17-9)13(15)16-8-10-5-3-2-4-6-10/h4-13H,3,14H2,1-2H3;2-7H,8H2,1H3. The summed E-state index contributed by atoms with van der Waals surface area (Å²) in [7, 11) is 0. The van der Waals surface area contributed by atoms with Crippen molar-refractivity contribution in [2.45, 2.75) is 34.0 Å². The maximum atomic E-state index is 12.5. The van der Waals surface area contributed by atoms with Crippen LogP contribution in [0.4, 0.5) is 0 Å². The highest BCUT2D eigenvalue weighted by Gasteiger charge is 2.20. The van der Waals surface area contributed by atoms with Gasteiger partial charge in [0.25, 0.3) is 0 Å². The molecule has 0 amide bonds. The van der Waals surface area contributed by atoms with Crippen LogP contribution in [0.15, 0.2) is 101 Å². The van der Waals surface area contributed by atoms with Crippen molar-refractivity contribution in [1.82, 2.24) is 0 Å². The molecule has 9 heteroatoms. The van der Waals surface area contributed by atoms with E-state index in [1.165, 1.54) is 22.7 Å². The topological polar surface area (TPSA) is 78.9 Å². The third-order valence-corrected chi connectivity index (χ3v) is 9.00. The van der Waals surface area contributed by atoms with E-state index in [2.05, 4.69) is 15.9 Å². The summed E-state index contributed by atoms with van der Waals surface area (Å²) < 4.78 is 16.8. The summed E-state index contributed by atoms with van der Waals surface area (Å²) in [5.74, 6) is -1.01. The largest absolute Gasteiger partial charge is 0.462 e. The first-order valence-corrected chi connectivity index (χ1v) is 16.2. The summed E-state index contributed by atoms with van der Waals surface area (Å²) >= 11 is 6.35. The highest BCUT2D eigenvalue weighted by molar-refractivity contribution is 9.11. The van der Waals surface area contributed by atoms with E-state index in [4.69, 9.17) is 14.2 Å². The minimum atomic E-state index is -0.368. The molecule has 0 aliphatic rings. The van der Waals surface area contributed by atoms with E-state index >= 15 is 0 Å². The van der Waals surface area contributed by atoms with Gasteiger partial charge in [0.15, 0.2) is 0 Å². The molecule has 3 aromatic carbocycles. The van der Waals surface area contributed by atoms with Crippen LogP contribution in [0.2, 0.25) is 0 Å². The van der Waals surface area contributed by atoms with Crippen LogP contribution in [0.1, 0.15) is 58.9 Å². The fourth-order valence-corrected chi connectivity index (χ4v) is 6.88. The molecule has 0 unspecified atom stereocenters. The molecule has 0 fully saturated rings. The Morgan fingerprint density at radius 2 is 1.09 bits per heavy atom. The summed E-state index contributed by atoms with van der Waals surface area (Å²) in [6.45, 7) is 6.41. The van der Waals surface area contributed by atoms with Crippen LogP contribution in [-0.2, 0) is 27.4 Å². The molecule has 0 saturated carbocycles. The summed E-state index contributed by atoms with van der Waals surface area (Å²) in [4.78, 5) is 39.2. The van der Waals surface area contributed by atoms with Gasteiger partial charge in [-0.25, -0.2) is 14.4 Å². The number of rotatable bonds is 9. The van der Waals surface area contributed by atoms with Crippen LogP contribution in [0.3, 0.4) is 0 Å². The molecule has 0 aliphatic carbocycles. The molecular weight excluding hydrogens is 660 g/mol. The lowest BCUT2D eigenvalue weighted by Crippen LogP contribution is -2.06. The maximum Gasteiger partial charge on any atom is 0.339 e. The lowest BCUT2D eigenvalue weighted by Gasteiger charge is -2.06. The van der Waals surface area contributed by atoms with E-state index in [-0.39, 0.29) is 24.5 Å². The number of carbonyl (C=O) groups excluding carboxylic acids is 3. The summed E-state index contributed by atoms with van der Waals surface area (Å²) in [5.41, 5.74) is 4.33. The molecule has 5 aromatic rings. The van der Waals surface area contributed by atoms with Gasteiger partial charge >= 0.3 is 17.9 Å². The maximum absolute atomic E-state index is 12.5. The second-order valence-electron chi connectivity index (χ2n) is 9.49. The molecule has 0 atom stereocenters. The van der Waals surface area contributed by atoms with E-state index in [1.807, 2.05) is 86.6 Å². The SMILES string of the molecule is CCOC(=O)c1ccccc1-c1cc(C(=O)OCc2ccccc2)c(C)s1.Cc1sc(Br)cc1C(=O)OCc1ccccc1. The van der Waals surface area contributed by atoms with Gasteiger partial charge in [-0.2, -0.15) is 0 Å². The Balaban J connectivity index is 0.000000223. The van der Waals surface area contributed by atoms with Gasteiger partial charge in [-0.3, -0.25) is 0 Å². The molecule has 5 rings (SSSR count). The van der Waals surface area contributed by atoms with Crippen LogP contribution in [-0.4, -0.2) is 24.5 Å². The van der Waals surface area contributed by atoms with Gasteiger partial charge < -0.3 is 14.2 Å². The third-order valence-electron chi connectivity index (χ3n) is 6.36. The fraction of sp³-hybridized carbons (Fsp3) is 0.171. The number of benzene rings is 3. The van der Waals surface area contributed by atoms with E-state index < -0.39 is 0 Å². The number of hydrogen-bond donors (Lipinski definition) is 0. The molecule has 0 bridgehead atoms. The number of aryl methyl sites for hydroxylation is 2. The first-order valence-electron chi connectivity index (χ1n) is 13.8. The normalized spacial score (nSPS) is 10.4. The number of hydrogen-bond acceptors (Lipinski definition) is 8. The van der Waals surface area contributed by atoms with Gasteiger partial charge in [-0.05, 0) is 66.0 Å². The highest BCUT2D eigenvalue weighted by Crippen LogP contribution is 2.34. The zero-order valence-corrected chi connectivity index (χ0v) is 27.7. The van der Waals surface area contributed by atoms with Crippen molar-refractivity contribution in [3.05, 3.63) is 138 Å². The number of thiophene rings is 2. The van der Waals surface area contributed by atoms with Crippen molar-refractivity contribution in [3.63, 3.8) is 0 Å². The van der Waals surface area contributed by atoms with Gasteiger partial charge in [0, 0.05) is 20.2 Å². The average molecular weight is 692 g/mol. The van der Waals surface area contributed by atoms with Crippen LogP contribution in [0, 0.1) is 13.8 Å². The first kappa shape index (κ1) is 32.9. The van der Waals surface area contributed by atoms with Crippen molar-refractivity contribution < 1.29 is 28.6 Å². The highest BCUT2D eigenvalue weighted by atomic mass is 79.9. The molecule has 226 valence electrons. The van der Waals surface area contributed by atoms with Gasteiger partial charge in [0.1, 0.15) is 13.2 Å². The van der Waals surface area contributed by atoms with Crippen LogP contribution < -0.4 is 0 Å². The second kappa shape index (κ2) is 16.1. The molecule has 0 aliphatic heterocycles. The van der Waals surface area contributed by atoms with Crippen molar-refractivity contribution >= 4 is 56.5 Å². The monoisotopic (exact) mass is 690 g/mol. The summed E-state index contributed by atoms with van der Waals surface area (Å²) in [6.07, 6.45) is 0. The van der Waals surface area contributed by atoms with Crippen LogP contribution >= 0.6 is 38.6 Å². The molecular formula is C35H31BrO6S2. The fourth-order valence-electron chi connectivity index (χ4n) is 4.15. The average Bonchev–Trinajstić information content (AvgIpc) is 3.60. The molecule has 44 heavy (non-hydrogen) atoms. The first-order chi connectivity index (χ1) is 21.3. The molecule has 0 spiro atoms. The predicted octanol–water partition coefficient (Wildman–Crippen LogP) is 9.43. The van der Waals surface area contributed by atoms with Gasteiger partial charge in [-0.1, -0.05) is 78.9 Å². The minimum absolute atomic E-state index is 0.226. The minimum Gasteiger partial charge on any atom is -0.462 e. The summed E-state index contributed by atoms with van der Waals surface area (Å²) in [6, 6.07) is 30.0. The van der Waals surface area contributed by atoms with Gasteiger partial charge in [0.2, 0.25) is 0 Å². The number of ether oxygens (including phenoxy) is 3. The zero-order chi connectivity index (χ0) is 31.5. The van der Waals surface area contributed by atoms with E-state index in [1.54, 1.807) is 31.2 Å². The summed E-state index contributed by atoms with van der Waals surface area (Å²) in [5, 5.41) is 0. The molecule has 0 saturated heterocycles. The Labute approximate surface area is 273 Å². The molecule has 2 heterocycles. The Hall–Kier alpha value is -4.05. The van der Waals surface area contributed by atoms with E-state index in [0.29, 0.717) is 29.9 Å². The lowest BCUT2D eigenvalue weighted by molar-refractivity contribution is 0.0464. The van der Waals surface area contributed by atoms with Crippen molar-refractivity contribution in [3.8, 4) is 10.4 Å². The Morgan fingerprint density at radius 3 is 1.61 bits per heavy atom. The number of carbonyl (C=O) groups is 3. The van der Waals surface area contributed by atoms with Crippen molar-refractivity contribution in [1.29, 1.82) is 0 Å². The van der Waals surface area contributed by atoms with Crippen LogP contribution in [0.25, 0.3) is 10.4 Å². The number of esters is 3. The van der Waals surface area contributed by atoms with Crippen molar-refractivity contribution in [2.75, 3.05) is 6.61 Å². The Bertz CT molecular complexity index is 1710.